The molecule has 0 bridgehead atoms. The van der Waals surface area contributed by atoms with Gasteiger partial charge in [0.25, 0.3) is 0 Å². The van der Waals surface area contributed by atoms with Crippen LogP contribution >= 0.6 is 0 Å². The number of hydrogen-bond donors (Lipinski definition) is 1. The van der Waals surface area contributed by atoms with Crippen LogP contribution in [0.3, 0.4) is 0 Å². The van der Waals surface area contributed by atoms with Crippen molar-refractivity contribution >= 4 is 5.82 Å². The molecular weight excluding hydrogens is 230 g/mol. The van der Waals surface area contributed by atoms with E-state index in [0.29, 0.717) is 19.0 Å². The highest BCUT2D eigenvalue weighted by molar-refractivity contribution is 5.55. The van der Waals surface area contributed by atoms with Crippen molar-refractivity contribution in [2.75, 3.05) is 19.0 Å². The largest absolute Gasteiger partial charge is 0.374 e. The van der Waals surface area contributed by atoms with Crippen LogP contribution in [0.15, 0.2) is 18.5 Å². The average Bonchev–Trinajstić information content (AvgIpc) is 2.82. The van der Waals surface area contributed by atoms with Gasteiger partial charge in [-0.2, -0.15) is 0 Å². The van der Waals surface area contributed by atoms with Crippen LogP contribution in [0.2, 0.25) is 0 Å². The minimum absolute atomic E-state index is 0.406. The molecule has 0 unspecified atom stereocenters. The molecule has 0 aromatic carbocycles. The molecule has 96 valence electrons. The topological polar surface area (TPSA) is 64.9 Å². The lowest BCUT2D eigenvalue weighted by Gasteiger charge is -2.07. The first-order chi connectivity index (χ1) is 8.74. The molecule has 6 nitrogen and oxygen atoms in total. The van der Waals surface area contributed by atoms with Crippen LogP contribution in [-0.2, 0) is 18.4 Å². The standard InChI is InChI=1S/C12H17N5O/c1-4-18-8-11-15-9(7-10(13-2)16-11)12-14-5-6-17(12)3/h5-7H,4,8H2,1-3H3,(H,13,15,16). The minimum Gasteiger partial charge on any atom is -0.374 e. The van der Waals surface area contributed by atoms with E-state index in [2.05, 4.69) is 20.3 Å². The van der Waals surface area contributed by atoms with Crippen molar-refractivity contribution < 1.29 is 4.74 Å². The summed E-state index contributed by atoms with van der Waals surface area (Å²) in [4.78, 5) is 13.1. The third kappa shape index (κ3) is 2.65. The SMILES string of the molecule is CCOCc1nc(NC)cc(-c2nccn2C)n1. The molecule has 0 radical (unpaired) electrons. The molecule has 0 saturated heterocycles. The molecule has 2 aromatic heterocycles. The van der Waals surface area contributed by atoms with Gasteiger partial charge in [-0.3, -0.25) is 0 Å². The number of ether oxygens (including phenoxy) is 1. The molecular formula is C12H17N5O. The van der Waals surface area contributed by atoms with E-state index in [1.54, 1.807) is 6.20 Å². The highest BCUT2D eigenvalue weighted by Crippen LogP contribution is 2.17. The van der Waals surface area contributed by atoms with Crippen LogP contribution in [-0.4, -0.2) is 33.2 Å². The van der Waals surface area contributed by atoms with E-state index in [4.69, 9.17) is 4.74 Å². The molecule has 0 amide bonds. The second-order valence-electron chi connectivity index (χ2n) is 3.80. The predicted octanol–water partition coefficient (Wildman–Crippen LogP) is 1.46. The quantitative estimate of drug-likeness (QED) is 0.866. The summed E-state index contributed by atoms with van der Waals surface area (Å²) in [5.74, 6) is 2.23. The van der Waals surface area contributed by atoms with E-state index in [-0.39, 0.29) is 0 Å². The van der Waals surface area contributed by atoms with Gasteiger partial charge < -0.3 is 14.6 Å². The van der Waals surface area contributed by atoms with Gasteiger partial charge in [0, 0.05) is 39.2 Å². The Morgan fingerprint density at radius 1 is 1.39 bits per heavy atom. The fourth-order valence-electron chi connectivity index (χ4n) is 1.61. The van der Waals surface area contributed by atoms with Crippen molar-refractivity contribution in [2.24, 2.45) is 7.05 Å². The zero-order valence-corrected chi connectivity index (χ0v) is 10.8. The third-order valence-electron chi connectivity index (χ3n) is 2.51. The van der Waals surface area contributed by atoms with Crippen molar-refractivity contribution in [3.63, 3.8) is 0 Å². The van der Waals surface area contributed by atoms with Gasteiger partial charge in [0.1, 0.15) is 18.1 Å². The van der Waals surface area contributed by atoms with Gasteiger partial charge in [0.15, 0.2) is 11.6 Å². The molecule has 0 fully saturated rings. The number of anilines is 1. The first-order valence-electron chi connectivity index (χ1n) is 5.85. The van der Waals surface area contributed by atoms with Gasteiger partial charge >= 0.3 is 0 Å². The highest BCUT2D eigenvalue weighted by Gasteiger charge is 2.09. The Morgan fingerprint density at radius 3 is 2.83 bits per heavy atom. The summed E-state index contributed by atoms with van der Waals surface area (Å²) >= 11 is 0. The van der Waals surface area contributed by atoms with Gasteiger partial charge in [0.05, 0.1) is 0 Å². The van der Waals surface area contributed by atoms with Gasteiger partial charge in [-0.1, -0.05) is 0 Å². The monoisotopic (exact) mass is 247 g/mol. The van der Waals surface area contributed by atoms with Gasteiger partial charge in [0.2, 0.25) is 0 Å². The number of hydrogen-bond acceptors (Lipinski definition) is 5. The van der Waals surface area contributed by atoms with Crippen LogP contribution in [0.5, 0.6) is 0 Å². The third-order valence-corrected chi connectivity index (χ3v) is 2.51. The lowest BCUT2D eigenvalue weighted by molar-refractivity contribution is 0.128. The minimum atomic E-state index is 0.406. The zero-order valence-electron chi connectivity index (χ0n) is 10.8. The van der Waals surface area contributed by atoms with Gasteiger partial charge in [-0.05, 0) is 6.92 Å². The van der Waals surface area contributed by atoms with Crippen LogP contribution < -0.4 is 5.32 Å². The maximum Gasteiger partial charge on any atom is 0.158 e. The lowest BCUT2D eigenvalue weighted by Crippen LogP contribution is -2.05. The van der Waals surface area contributed by atoms with E-state index in [1.807, 2.05) is 37.8 Å². The van der Waals surface area contributed by atoms with Crippen molar-refractivity contribution in [1.82, 2.24) is 19.5 Å². The molecule has 0 aliphatic heterocycles. The fraction of sp³-hybridized carbons (Fsp3) is 0.417. The Labute approximate surface area is 106 Å². The van der Waals surface area contributed by atoms with Crippen LogP contribution in [0.4, 0.5) is 5.82 Å². The molecule has 0 aliphatic rings. The molecule has 18 heavy (non-hydrogen) atoms. The predicted molar refractivity (Wildman–Crippen MR) is 69.1 cm³/mol. The highest BCUT2D eigenvalue weighted by atomic mass is 16.5. The fourth-order valence-corrected chi connectivity index (χ4v) is 1.61. The first-order valence-corrected chi connectivity index (χ1v) is 5.85. The summed E-state index contributed by atoms with van der Waals surface area (Å²) in [5, 5.41) is 3.02. The second-order valence-corrected chi connectivity index (χ2v) is 3.80. The van der Waals surface area contributed by atoms with Gasteiger partial charge in [-0.15, -0.1) is 0 Å². The maximum atomic E-state index is 5.34. The van der Waals surface area contributed by atoms with E-state index < -0.39 is 0 Å². The summed E-state index contributed by atoms with van der Waals surface area (Å²) in [7, 11) is 3.76. The van der Waals surface area contributed by atoms with Crippen molar-refractivity contribution in [2.45, 2.75) is 13.5 Å². The summed E-state index contributed by atoms with van der Waals surface area (Å²) in [6.07, 6.45) is 3.64. The average molecular weight is 247 g/mol. The number of imidazole rings is 1. The Balaban J connectivity index is 2.38. The number of rotatable bonds is 5. The Hall–Kier alpha value is -1.95. The maximum absolute atomic E-state index is 5.34. The Kier molecular flexibility index (Phi) is 3.88. The van der Waals surface area contributed by atoms with E-state index in [0.717, 1.165) is 17.3 Å². The van der Waals surface area contributed by atoms with E-state index in [1.165, 1.54) is 0 Å². The summed E-state index contributed by atoms with van der Waals surface area (Å²) in [6.45, 7) is 3.00. The van der Waals surface area contributed by atoms with E-state index in [9.17, 15) is 0 Å². The molecule has 2 rings (SSSR count). The molecule has 2 heterocycles. The Morgan fingerprint density at radius 2 is 2.22 bits per heavy atom. The zero-order chi connectivity index (χ0) is 13.0. The number of nitrogens with one attached hydrogen (secondary N) is 1. The molecule has 0 atom stereocenters. The molecule has 0 saturated carbocycles. The molecule has 0 spiro atoms. The van der Waals surface area contributed by atoms with Crippen molar-refractivity contribution in [3.05, 3.63) is 24.3 Å². The molecule has 6 heteroatoms. The number of aromatic nitrogens is 4. The smallest absolute Gasteiger partial charge is 0.158 e. The molecule has 1 N–H and O–H groups in total. The van der Waals surface area contributed by atoms with Crippen molar-refractivity contribution in [3.8, 4) is 11.5 Å². The summed E-state index contributed by atoms with van der Waals surface area (Å²) < 4.78 is 7.26. The lowest BCUT2D eigenvalue weighted by atomic mass is 10.3. The van der Waals surface area contributed by atoms with Crippen LogP contribution in [0.25, 0.3) is 11.5 Å². The molecule has 0 aliphatic carbocycles. The van der Waals surface area contributed by atoms with Crippen LogP contribution in [0.1, 0.15) is 12.7 Å². The normalized spacial score (nSPS) is 10.6. The summed E-state index contributed by atoms with van der Waals surface area (Å²) in [6, 6.07) is 1.87. The second kappa shape index (κ2) is 5.59. The first kappa shape index (κ1) is 12.5. The van der Waals surface area contributed by atoms with E-state index >= 15 is 0 Å². The summed E-state index contributed by atoms with van der Waals surface area (Å²) in [5.41, 5.74) is 0.788. The number of aryl methyl sites for hydroxylation is 1. The van der Waals surface area contributed by atoms with Crippen LogP contribution in [0, 0.1) is 0 Å². The van der Waals surface area contributed by atoms with Crippen molar-refractivity contribution in [1.29, 1.82) is 0 Å². The Bertz CT molecular complexity index is 523. The number of nitrogens with zero attached hydrogens (tertiary/aromatic N) is 4. The molecule has 2 aromatic rings. The van der Waals surface area contributed by atoms with Gasteiger partial charge in [-0.25, -0.2) is 15.0 Å².